The second-order valence-corrected chi connectivity index (χ2v) is 5.00. The molecule has 2 nitrogen and oxygen atoms in total. The Labute approximate surface area is 123 Å². The maximum absolute atomic E-state index is 13.4. The largest absolute Gasteiger partial charge is 0.496 e. The van der Waals surface area contributed by atoms with Crippen molar-refractivity contribution in [3.05, 3.63) is 64.4 Å². The van der Waals surface area contributed by atoms with Gasteiger partial charge in [-0.15, -0.1) is 0 Å². The van der Waals surface area contributed by atoms with Gasteiger partial charge >= 0.3 is 0 Å². The summed E-state index contributed by atoms with van der Waals surface area (Å²) in [6.07, 6.45) is 0. The van der Waals surface area contributed by atoms with Gasteiger partial charge in [-0.05, 0) is 30.7 Å². The zero-order valence-corrected chi connectivity index (χ0v) is 12.2. The molecule has 0 spiro atoms. The van der Waals surface area contributed by atoms with E-state index in [0.29, 0.717) is 6.54 Å². The number of hydrogen-bond donors (Lipinski definition) is 1. The molecule has 0 radical (unpaired) electrons. The van der Waals surface area contributed by atoms with E-state index >= 15 is 0 Å². The lowest BCUT2D eigenvalue weighted by molar-refractivity contribution is 0.401. The van der Waals surface area contributed by atoms with Gasteiger partial charge in [0.1, 0.15) is 11.6 Å². The van der Waals surface area contributed by atoms with Crippen LogP contribution in [0.1, 0.15) is 24.1 Å². The first kappa shape index (κ1) is 14.8. The smallest absolute Gasteiger partial charge is 0.142 e. The van der Waals surface area contributed by atoms with Crippen LogP contribution in [-0.4, -0.2) is 7.11 Å². The fraction of sp³-hybridized carbons (Fsp3) is 0.250. The molecule has 2 aromatic rings. The van der Waals surface area contributed by atoms with Gasteiger partial charge in [0.05, 0.1) is 12.1 Å². The molecule has 0 saturated carbocycles. The lowest BCUT2D eigenvalue weighted by Gasteiger charge is -2.17. The van der Waals surface area contributed by atoms with Crippen LogP contribution in [0.15, 0.2) is 42.5 Å². The van der Waals surface area contributed by atoms with E-state index in [1.165, 1.54) is 6.07 Å². The van der Waals surface area contributed by atoms with E-state index in [1.807, 2.05) is 37.3 Å². The summed E-state index contributed by atoms with van der Waals surface area (Å²) < 4.78 is 18.7. The average Bonchev–Trinajstić information content (AvgIpc) is 2.48. The minimum Gasteiger partial charge on any atom is -0.496 e. The van der Waals surface area contributed by atoms with Gasteiger partial charge in [-0.3, -0.25) is 0 Å². The highest BCUT2D eigenvalue weighted by Gasteiger charge is 2.10. The molecule has 0 aromatic heterocycles. The summed E-state index contributed by atoms with van der Waals surface area (Å²) in [6, 6.07) is 12.8. The molecule has 4 heteroatoms. The second-order valence-electron chi connectivity index (χ2n) is 4.59. The molecular weight excluding hydrogens is 277 g/mol. The van der Waals surface area contributed by atoms with Gasteiger partial charge in [0.15, 0.2) is 0 Å². The summed E-state index contributed by atoms with van der Waals surface area (Å²) in [6.45, 7) is 2.61. The molecule has 0 saturated heterocycles. The van der Waals surface area contributed by atoms with E-state index in [4.69, 9.17) is 16.3 Å². The van der Waals surface area contributed by atoms with Crippen molar-refractivity contribution in [2.24, 2.45) is 0 Å². The van der Waals surface area contributed by atoms with Crippen molar-refractivity contribution in [1.29, 1.82) is 0 Å². The Bertz CT molecular complexity index is 588. The Hall–Kier alpha value is -1.58. The Morgan fingerprint density at radius 2 is 2.00 bits per heavy atom. The molecule has 106 valence electrons. The minimum atomic E-state index is -0.393. The molecular formula is C16H17ClFNO. The SMILES string of the molecule is COc1ccccc1[C@@H](C)NCc1ccc(Cl)c(F)c1. The fourth-order valence-corrected chi connectivity index (χ4v) is 2.17. The summed E-state index contributed by atoms with van der Waals surface area (Å²) >= 11 is 5.67. The third-order valence-electron chi connectivity index (χ3n) is 3.20. The summed E-state index contributed by atoms with van der Waals surface area (Å²) in [4.78, 5) is 0. The van der Waals surface area contributed by atoms with Crippen LogP contribution in [0.25, 0.3) is 0 Å². The van der Waals surface area contributed by atoms with Crippen molar-refractivity contribution in [3.63, 3.8) is 0 Å². The Balaban J connectivity index is 2.04. The van der Waals surface area contributed by atoms with Crippen molar-refractivity contribution in [2.45, 2.75) is 19.5 Å². The van der Waals surface area contributed by atoms with E-state index in [9.17, 15) is 4.39 Å². The number of para-hydroxylation sites is 1. The van der Waals surface area contributed by atoms with Gasteiger partial charge < -0.3 is 10.1 Å². The maximum Gasteiger partial charge on any atom is 0.142 e. The van der Waals surface area contributed by atoms with Crippen LogP contribution in [0.2, 0.25) is 5.02 Å². The molecule has 1 N–H and O–H groups in total. The van der Waals surface area contributed by atoms with E-state index in [1.54, 1.807) is 13.2 Å². The van der Waals surface area contributed by atoms with Crippen molar-refractivity contribution < 1.29 is 9.13 Å². The number of rotatable bonds is 5. The predicted octanol–water partition coefficient (Wildman–Crippen LogP) is 4.34. The molecule has 0 fully saturated rings. The lowest BCUT2D eigenvalue weighted by Crippen LogP contribution is -2.18. The molecule has 0 aliphatic carbocycles. The molecule has 20 heavy (non-hydrogen) atoms. The molecule has 0 bridgehead atoms. The van der Waals surface area contributed by atoms with Gasteiger partial charge in [0.25, 0.3) is 0 Å². The molecule has 0 unspecified atom stereocenters. The quantitative estimate of drug-likeness (QED) is 0.885. The van der Waals surface area contributed by atoms with E-state index in [2.05, 4.69) is 5.32 Å². The van der Waals surface area contributed by atoms with Crippen LogP contribution in [0, 0.1) is 5.82 Å². The highest BCUT2D eigenvalue weighted by atomic mass is 35.5. The number of nitrogens with one attached hydrogen (secondary N) is 1. The topological polar surface area (TPSA) is 21.3 Å². The van der Waals surface area contributed by atoms with E-state index in [0.717, 1.165) is 16.9 Å². The van der Waals surface area contributed by atoms with Gasteiger partial charge in [0, 0.05) is 18.2 Å². The molecule has 0 amide bonds. The van der Waals surface area contributed by atoms with Crippen molar-refractivity contribution in [2.75, 3.05) is 7.11 Å². The van der Waals surface area contributed by atoms with Gasteiger partial charge in [-0.2, -0.15) is 0 Å². The third-order valence-corrected chi connectivity index (χ3v) is 3.51. The first-order chi connectivity index (χ1) is 9.61. The summed E-state index contributed by atoms with van der Waals surface area (Å²) in [7, 11) is 1.65. The first-order valence-electron chi connectivity index (χ1n) is 6.42. The van der Waals surface area contributed by atoms with Crippen molar-refractivity contribution >= 4 is 11.6 Å². The van der Waals surface area contributed by atoms with E-state index < -0.39 is 5.82 Å². The monoisotopic (exact) mass is 293 g/mol. The summed E-state index contributed by atoms with van der Waals surface area (Å²) in [5.41, 5.74) is 1.93. The normalized spacial score (nSPS) is 12.2. The molecule has 1 atom stereocenters. The lowest BCUT2D eigenvalue weighted by atomic mass is 10.1. The zero-order chi connectivity index (χ0) is 14.5. The Morgan fingerprint density at radius 3 is 2.70 bits per heavy atom. The summed E-state index contributed by atoms with van der Waals surface area (Å²) in [5.74, 6) is 0.450. The third kappa shape index (κ3) is 3.50. The van der Waals surface area contributed by atoms with Crippen LogP contribution in [0.4, 0.5) is 4.39 Å². The second kappa shape index (κ2) is 6.73. The highest BCUT2D eigenvalue weighted by Crippen LogP contribution is 2.24. The van der Waals surface area contributed by atoms with Crippen LogP contribution >= 0.6 is 11.6 Å². The molecule has 0 aliphatic rings. The van der Waals surface area contributed by atoms with Gasteiger partial charge in [-0.25, -0.2) is 4.39 Å². The number of methoxy groups -OCH3 is 1. The Kier molecular flexibility index (Phi) is 4.99. The average molecular weight is 294 g/mol. The Morgan fingerprint density at radius 1 is 1.25 bits per heavy atom. The first-order valence-corrected chi connectivity index (χ1v) is 6.80. The molecule has 0 aliphatic heterocycles. The number of hydrogen-bond acceptors (Lipinski definition) is 2. The standard InChI is InChI=1S/C16H17ClFNO/c1-11(13-5-3-4-6-16(13)20-2)19-10-12-7-8-14(17)15(18)9-12/h3-9,11,19H,10H2,1-2H3/t11-/m1/s1. The van der Waals surface area contributed by atoms with Crippen LogP contribution in [-0.2, 0) is 6.54 Å². The highest BCUT2D eigenvalue weighted by molar-refractivity contribution is 6.30. The predicted molar refractivity (Wildman–Crippen MR) is 79.7 cm³/mol. The minimum absolute atomic E-state index is 0.102. The van der Waals surface area contributed by atoms with Gasteiger partial charge in [-0.1, -0.05) is 35.9 Å². The van der Waals surface area contributed by atoms with E-state index in [-0.39, 0.29) is 11.1 Å². The van der Waals surface area contributed by atoms with Gasteiger partial charge in [0.2, 0.25) is 0 Å². The summed E-state index contributed by atoms with van der Waals surface area (Å²) in [5, 5.41) is 3.49. The zero-order valence-electron chi connectivity index (χ0n) is 11.5. The number of benzene rings is 2. The van der Waals surface area contributed by atoms with Crippen LogP contribution in [0.5, 0.6) is 5.75 Å². The van der Waals surface area contributed by atoms with Crippen molar-refractivity contribution in [3.8, 4) is 5.75 Å². The maximum atomic E-state index is 13.4. The molecule has 2 rings (SSSR count). The van der Waals surface area contributed by atoms with Crippen LogP contribution in [0.3, 0.4) is 0 Å². The molecule has 0 heterocycles. The number of halogens is 2. The number of ether oxygens (including phenoxy) is 1. The fourth-order valence-electron chi connectivity index (χ4n) is 2.05. The molecule has 2 aromatic carbocycles. The van der Waals surface area contributed by atoms with Crippen LogP contribution < -0.4 is 10.1 Å². The van der Waals surface area contributed by atoms with Crippen molar-refractivity contribution in [1.82, 2.24) is 5.32 Å².